The van der Waals surface area contributed by atoms with E-state index in [1.807, 2.05) is 0 Å². The summed E-state index contributed by atoms with van der Waals surface area (Å²) in [7, 11) is 0. The lowest BCUT2D eigenvalue weighted by Gasteiger charge is -2.07. The summed E-state index contributed by atoms with van der Waals surface area (Å²) in [6.07, 6.45) is 0.948. The molecule has 1 heterocycles. The molecule has 0 fully saturated rings. The third-order valence-electron chi connectivity index (χ3n) is 2.38. The highest BCUT2D eigenvalue weighted by molar-refractivity contribution is 6.34. The number of aromatic carboxylic acids is 1. The van der Waals surface area contributed by atoms with Gasteiger partial charge in [-0.3, -0.25) is 10.1 Å². The second-order valence-electron chi connectivity index (χ2n) is 3.79. The van der Waals surface area contributed by atoms with E-state index in [2.05, 4.69) is 4.98 Å². The van der Waals surface area contributed by atoms with E-state index in [1.54, 1.807) is 0 Å². The Bertz CT molecular complexity index is 736. The van der Waals surface area contributed by atoms with E-state index < -0.39 is 16.6 Å². The van der Waals surface area contributed by atoms with Crippen LogP contribution in [0.2, 0.25) is 10.0 Å². The number of rotatable bonds is 4. The third-order valence-corrected chi connectivity index (χ3v) is 2.92. The van der Waals surface area contributed by atoms with Crippen LogP contribution in [0.1, 0.15) is 10.4 Å². The molecule has 2 rings (SSSR count). The summed E-state index contributed by atoms with van der Waals surface area (Å²) in [5, 5.41) is 20.3. The number of carboxylic acid groups (broad SMARTS) is 1. The number of pyridine rings is 1. The maximum absolute atomic E-state index is 11.0. The zero-order chi connectivity index (χ0) is 15.6. The molecular formula is C12H6Cl2N2O5. The van der Waals surface area contributed by atoms with Gasteiger partial charge in [-0.05, 0) is 12.1 Å². The molecule has 9 heteroatoms. The van der Waals surface area contributed by atoms with Gasteiger partial charge in [0.25, 0.3) is 5.88 Å². The monoisotopic (exact) mass is 328 g/mol. The fourth-order valence-electron chi connectivity index (χ4n) is 1.43. The maximum atomic E-state index is 11.0. The van der Waals surface area contributed by atoms with E-state index in [9.17, 15) is 14.9 Å². The average Bonchev–Trinajstić information content (AvgIpc) is 2.42. The van der Waals surface area contributed by atoms with Gasteiger partial charge in [0.2, 0.25) is 0 Å². The van der Waals surface area contributed by atoms with Gasteiger partial charge in [-0.15, -0.1) is 0 Å². The third kappa shape index (κ3) is 3.39. The van der Waals surface area contributed by atoms with Crippen LogP contribution in [0, 0.1) is 10.1 Å². The number of halogens is 2. The Labute approximate surface area is 127 Å². The lowest BCUT2D eigenvalue weighted by atomic mass is 10.2. The Morgan fingerprint density at radius 3 is 2.67 bits per heavy atom. The summed E-state index contributed by atoms with van der Waals surface area (Å²) in [4.78, 5) is 24.6. The summed E-state index contributed by atoms with van der Waals surface area (Å²) in [6, 6.07) is 5.19. The van der Waals surface area contributed by atoms with E-state index in [1.165, 1.54) is 18.2 Å². The Hall–Kier alpha value is -2.38. The standard InChI is InChI=1S/C12H6Cl2N2O5/c13-7-1-2-8(14)10(4-7)21-11-9(16(19)20)3-6(5-15-11)12(17)18/h1-5H,(H,17,18). The summed E-state index contributed by atoms with van der Waals surface area (Å²) >= 11 is 11.7. The summed E-state index contributed by atoms with van der Waals surface area (Å²) in [6.45, 7) is 0. The van der Waals surface area contributed by atoms with Crippen LogP contribution >= 0.6 is 23.2 Å². The second-order valence-corrected chi connectivity index (χ2v) is 4.63. The lowest BCUT2D eigenvalue weighted by Crippen LogP contribution is -2.02. The molecule has 0 saturated carbocycles. The van der Waals surface area contributed by atoms with Gasteiger partial charge >= 0.3 is 11.7 Å². The Morgan fingerprint density at radius 2 is 2.05 bits per heavy atom. The summed E-state index contributed by atoms with van der Waals surface area (Å²) in [5.74, 6) is -1.64. The number of aromatic nitrogens is 1. The molecule has 2 aromatic rings. The first kappa shape index (κ1) is 15.0. The van der Waals surface area contributed by atoms with Crippen LogP contribution in [-0.2, 0) is 0 Å². The molecule has 0 aliphatic carbocycles. The molecule has 21 heavy (non-hydrogen) atoms. The van der Waals surface area contributed by atoms with Gasteiger partial charge in [0.15, 0.2) is 0 Å². The first-order valence-corrected chi connectivity index (χ1v) is 6.14. The number of nitro groups is 1. The SMILES string of the molecule is O=C(O)c1cnc(Oc2cc(Cl)ccc2Cl)c([N+](=O)[O-])c1. The highest BCUT2D eigenvalue weighted by atomic mass is 35.5. The average molecular weight is 329 g/mol. The molecule has 0 amide bonds. The van der Waals surface area contributed by atoms with Crippen molar-refractivity contribution < 1.29 is 19.6 Å². The maximum Gasteiger partial charge on any atom is 0.337 e. The fraction of sp³-hybridized carbons (Fsp3) is 0. The number of nitrogens with zero attached hydrogens (tertiary/aromatic N) is 2. The minimum absolute atomic E-state index is 0.0721. The molecule has 0 saturated heterocycles. The van der Waals surface area contributed by atoms with Crippen LogP contribution in [0.4, 0.5) is 5.69 Å². The number of ether oxygens (including phenoxy) is 1. The first-order valence-electron chi connectivity index (χ1n) is 5.39. The minimum atomic E-state index is -1.34. The Balaban J connectivity index is 2.46. The molecule has 0 unspecified atom stereocenters. The van der Waals surface area contributed by atoms with Crippen LogP contribution < -0.4 is 4.74 Å². The van der Waals surface area contributed by atoms with Crippen molar-refractivity contribution in [3.8, 4) is 11.6 Å². The predicted octanol–water partition coefficient (Wildman–Crippen LogP) is 3.79. The lowest BCUT2D eigenvalue weighted by molar-refractivity contribution is -0.386. The highest BCUT2D eigenvalue weighted by Crippen LogP contribution is 2.35. The van der Waals surface area contributed by atoms with Crippen LogP contribution in [0.3, 0.4) is 0 Å². The minimum Gasteiger partial charge on any atom is -0.478 e. The van der Waals surface area contributed by atoms with Crippen LogP contribution in [0.5, 0.6) is 11.6 Å². The van der Waals surface area contributed by atoms with Gasteiger partial charge in [0, 0.05) is 23.4 Å². The van der Waals surface area contributed by atoms with Crippen LogP contribution in [-0.4, -0.2) is 21.0 Å². The zero-order valence-electron chi connectivity index (χ0n) is 10.1. The van der Waals surface area contributed by atoms with E-state index in [0.29, 0.717) is 5.02 Å². The predicted molar refractivity (Wildman–Crippen MR) is 74.4 cm³/mol. The van der Waals surface area contributed by atoms with Gasteiger partial charge in [-0.1, -0.05) is 23.2 Å². The van der Waals surface area contributed by atoms with Crippen molar-refractivity contribution in [3.05, 3.63) is 56.2 Å². The van der Waals surface area contributed by atoms with Gasteiger partial charge < -0.3 is 9.84 Å². The number of carbonyl (C=O) groups is 1. The highest BCUT2D eigenvalue weighted by Gasteiger charge is 2.21. The van der Waals surface area contributed by atoms with Gasteiger partial charge in [0.05, 0.1) is 15.5 Å². The Morgan fingerprint density at radius 1 is 1.33 bits per heavy atom. The Kier molecular flexibility index (Phi) is 4.25. The molecule has 0 atom stereocenters. The van der Waals surface area contributed by atoms with Crippen molar-refractivity contribution in [2.24, 2.45) is 0 Å². The molecule has 1 aromatic carbocycles. The molecule has 0 aliphatic rings. The summed E-state index contributed by atoms with van der Waals surface area (Å²) in [5.41, 5.74) is -0.919. The van der Waals surface area contributed by atoms with Gasteiger partial charge in [0.1, 0.15) is 5.75 Å². The first-order chi connectivity index (χ1) is 9.88. The molecule has 0 radical (unpaired) electrons. The quantitative estimate of drug-likeness (QED) is 0.676. The van der Waals surface area contributed by atoms with Gasteiger partial charge in [-0.25, -0.2) is 9.78 Å². The topological polar surface area (TPSA) is 103 Å². The number of carboxylic acids is 1. The van der Waals surface area contributed by atoms with E-state index in [0.717, 1.165) is 12.3 Å². The number of benzene rings is 1. The molecule has 108 valence electrons. The van der Waals surface area contributed by atoms with Crippen LogP contribution in [0.25, 0.3) is 0 Å². The summed E-state index contributed by atoms with van der Waals surface area (Å²) < 4.78 is 5.26. The van der Waals surface area contributed by atoms with E-state index >= 15 is 0 Å². The molecule has 7 nitrogen and oxygen atoms in total. The molecule has 0 spiro atoms. The van der Waals surface area contributed by atoms with Crippen molar-refractivity contribution in [3.63, 3.8) is 0 Å². The number of hydrogen-bond donors (Lipinski definition) is 1. The fourth-order valence-corrected chi connectivity index (χ4v) is 1.74. The molecule has 1 N–H and O–H groups in total. The van der Waals surface area contributed by atoms with Crippen molar-refractivity contribution in [1.29, 1.82) is 0 Å². The van der Waals surface area contributed by atoms with E-state index in [4.69, 9.17) is 33.0 Å². The molecule has 0 bridgehead atoms. The van der Waals surface area contributed by atoms with Crippen molar-refractivity contribution >= 4 is 34.9 Å². The van der Waals surface area contributed by atoms with E-state index in [-0.39, 0.29) is 22.2 Å². The molecule has 0 aliphatic heterocycles. The van der Waals surface area contributed by atoms with Crippen molar-refractivity contribution in [2.45, 2.75) is 0 Å². The smallest absolute Gasteiger partial charge is 0.337 e. The molecular weight excluding hydrogens is 323 g/mol. The normalized spacial score (nSPS) is 10.2. The van der Waals surface area contributed by atoms with Gasteiger partial charge in [-0.2, -0.15) is 0 Å². The zero-order valence-corrected chi connectivity index (χ0v) is 11.6. The number of hydrogen-bond acceptors (Lipinski definition) is 5. The van der Waals surface area contributed by atoms with Crippen molar-refractivity contribution in [2.75, 3.05) is 0 Å². The molecule has 1 aromatic heterocycles. The van der Waals surface area contributed by atoms with Crippen molar-refractivity contribution in [1.82, 2.24) is 4.98 Å². The van der Waals surface area contributed by atoms with Crippen LogP contribution in [0.15, 0.2) is 30.5 Å². The second kappa shape index (κ2) is 5.94. The largest absolute Gasteiger partial charge is 0.478 e.